The van der Waals surface area contributed by atoms with Gasteiger partial charge in [0.25, 0.3) is 0 Å². The van der Waals surface area contributed by atoms with Gasteiger partial charge in [-0.3, -0.25) is 9.80 Å². The molecule has 1 amide bonds. The second-order valence-corrected chi connectivity index (χ2v) is 14.5. The van der Waals surface area contributed by atoms with Crippen molar-refractivity contribution in [3.8, 4) is 16.9 Å². The molecular formula is C39H50Cl2F3N5O3. The van der Waals surface area contributed by atoms with Crippen molar-refractivity contribution in [3.63, 3.8) is 0 Å². The summed E-state index contributed by atoms with van der Waals surface area (Å²) in [5.74, 6) is -0.269. The maximum absolute atomic E-state index is 12.8. The Morgan fingerprint density at radius 1 is 0.865 bits per heavy atom. The van der Waals surface area contributed by atoms with Gasteiger partial charge in [0.2, 0.25) is 0 Å². The lowest BCUT2D eigenvalue weighted by molar-refractivity contribution is -0.274. The summed E-state index contributed by atoms with van der Waals surface area (Å²) in [5, 5.41) is 8.26. The highest BCUT2D eigenvalue weighted by molar-refractivity contribution is 6.36. The Labute approximate surface area is 315 Å². The number of hydrogen-bond donors (Lipinski definition) is 2. The van der Waals surface area contributed by atoms with E-state index in [0.29, 0.717) is 36.1 Å². The highest BCUT2D eigenvalue weighted by Gasteiger charge is 2.31. The number of amides is 1. The SMILES string of the molecule is CC(C)(C)OC(=O)NCCCn1cc(-c2ccc(OC(F)(F)F)cc2)c2cc(CN3CCN(Cc4c(Cl)cccc4Cl)CC3)ccc21.CCNCC. The molecule has 0 saturated carbocycles. The van der Waals surface area contributed by atoms with E-state index in [1.807, 2.05) is 45.2 Å². The van der Waals surface area contributed by atoms with Crippen LogP contribution < -0.4 is 15.4 Å². The number of ether oxygens (including phenoxy) is 2. The van der Waals surface area contributed by atoms with Gasteiger partial charge < -0.3 is 24.7 Å². The van der Waals surface area contributed by atoms with Crippen LogP contribution in [0.2, 0.25) is 10.0 Å². The standard InChI is InChI=1S/C35H39Cl2F3N4O3.C4H11N/c1-34(2,3)47-33(45)41-14-5-15-44-23-28(25-9-11-26(12-10-25)46-35(38,39)40)27-20-24(8-13-32(27)44)21-42-16-18-43(19-17-42)22-29-30(36)6-4-7-31(29)37;1-3-5-4-2/h4,6-13,20,23H,5,14-19,21-22H2,1-3H3,(H,41,45);5H,3-4H2,1-2H3. The first kappa shape index (κ1) is 41.3. The fourth-order valence-electron chi connectivity index (χ4n) is 5.97. The lowest BCUT2D eigenvalue weighted by atomic mass is 10.0. The number of piperazine rings is 1. The molecule has 0 radical (unpaired) electrons. The molecule has 0 aliphatic carbocycles. The number of carbonyl (C=O) groups is 1. The molecule has 1 aliphatic rings. The molecule has 2 heterocycles. The van der Waals surface area contributed by atoms with Gasteiger partial charge in [0, 0.05) is 90.6 Å². The quantitative estimate of drug-likeness (QED) is 0.140. The minimum absolute atomic E-state index is 0.269. The fraction of sp³-hybridized carbons (Fsp3) is 0.462. The van der Waals surface area contributed by atoms with Crippen LogP contribution in [0.3, 0.4) is 0 Å². The summed E-state index contributed by atoms with van der Waals surface area (Å²) in [6.07, 6.45) is -2.55. The Morgan fingerprint density at radius 2 is 1.48 bits per heavy atom. The molecule has 2 N–H and O–H groups in total. The molecule has 3 aromatic carbocycles. The average Bonchev–Trinajstić information content (AvgIpc) is 3.43. The number of aryl methyl sites for hydroxylation is 1. The molecule has 4 aromatic rings. The largest absolute Gasteiger partial charge is 0.573 e. The van der Waals surface area contributed by atoms with Gasteiger partial charge in [-0.05, 0) is 87.8 Å². The summed E-state index contributed by atoms with van der Waals surface area (Å²) in [5.41, 5.74) is 4.19. The van der Waals surface area contributed by atoms with Crippen molar-refractivity contribution in [2.75, 3.05) is 45.8 Å². The molecule has 0 bridgehead atoms. The Balaban J connectivity index is 0.00000113. The second-order valence-electron chi connectivity index (χ2n) is 13.7. The van der Waals surface area contributed by atoms with E-state index < -0.39 is 18.1 Å². The molecule has 1 fully saturated rings. The highest BCUT2D eigenvalue weighted by Crippen LogP contribution is 2.34. The second kappa shape index (κ2) is 19.0. The third kappa shape index (κ3) is 12.9. The number of hydrogen-bond acceptors (Lipinski definition) is 6. The number of fused-ring (bicyclic) bond motifs is 1. The molecule has 1 saturated heterocycles. The van der Waals surface area contributed by atoms with E-state index in [-0.39, 0.29) is 5.75 Å². The van der Waals surface area contributed by atoms with Crippen LogP contribution in [0.5, 0.6) is 5.75 Å². The average molecular weight is 765 g/mol. The summed E-state index contributed by atoms with van der Waals surface area (Å²) < 4.78 is 49.8. The van der Waals surface area contributed by atoms with Crippen molar-refractivity contribution >= 4 is 40.2 Å². The number of nitrogens with one attached hydrogen (secondary N) is 2. The van der Waals surface area contributed by atoms with E-state index in [2.05, 4.69) is 61.8 Å². The zero-order valence-electron chi connectivity index (χ0n) is 30.6. The van der Waals surface area contributed by atoms with E-state index in [4.69, 9.17) is 27.9 Å². The minimum atomic E-state index is -4.76. The third-order valence-electron chi connectivity index (χ3n) is 8.40. The Kier molecular flexibility index (Phi) is 15.1. The van der Waals surface area contributed by atoms with Gasteiger partial charge >= 0.3 is 12.5 Å². The number of nitrogens with zero attached hydrogens (tertiary/aromatic N) is 3. The van der Waals surface area contributed by atoms with Gasteiger partial charge in [0.1, 0.15) is 11.4 Å². The van der Waals surface area contributed by atoms with E-state index in [0.717, 1.165) is 79.0 Å². The number of alkyl carbamates (subject to hydrolysis) is 1. The van der Waals surface area contributed by atoms with E-state index in [1.54, 1.807) is 12.1 Å². The Hall–Kier alpha value is -3.48. The number of halogens is 5. The molecular weight excluding hydrogens is 714 g/mol. The number of carbonyl (C=O) groups excluding carboxylic acids is 1. The topological polar surface area (TPSA) is 71.0 Å². The van der Waals surface area contributed by atoms with Crippen molar-refractivity contribution in [1.29, 1.82) is 0 Å². The van der Waals surface area contributed by atoms with Crippen molar-refractivity contribution in [3.05, 3.63) is 88.0 Å². The van der Waals surface area contributed by atoms with Crippen LogP contribution in [0.15, 0.2) is 66.9 Å². The molecule has 13 heteroatoms. The van der Waals surface area contributed by atoms with Crippen LogP contribution in [-0.2, 0) is 24.4 Å². The van der Waals surface area contributed by atoms with Crippen LogP contribution in [0.4, 0.5) is 18.0 Å². The summed E-state index contributed by atoms with van der Waals surface area (Å²) in [7, 11) is 0. The summed E-state index contributed by atoms with van der Waals surface area (Å²) in [6, 6.07) is 17.9. The van der Waals surface area contributed by atoms with Crippen molar-refractivity contribution in [2.45, 2.75) is 72.6 Å². The van der Waals surface area contributed by atoms with Gasteiger partial charge in [-0.25, -0.2) is 4.79 Å². The minimum Gasteiger partial charge on any atom is -0.444 e. The van der Waals surface area contributed by atoms with Crippen molar-refractivity contribution < 1.29 is 27.4 Å². The Morgan fingerprint density at radius 3 is 2.04 bits per heavy atom. The van der Waals surface area contributed by atoms with E-state index >= 15 is 0 Å². The predicted molar refractivity (Wildman–Crippen MR) is 204 cm³/mol. The molecule has 284 valence electrons. The van der Waals surface area contributed by atoms with Crippen LogP contribution in [-0.4, -0.2) is 78.2 Å². The van der Waals surface area contributed by atoms with Crippen LogP contribution >= 0.6 is 23.2 Å². The first-order chi connectivity index (χ1) is 24.7. The lowest BCUT2D eigenvalue weighted by Crippen LogP contribution is -2.45. The number of alkyl halides is 3. The fourth-order valence-corrected chi connectivity index (χ4v) is 6.49. The summed E-state index contributed by atoms with van der Waals surface area (Å²) >= 11 is 12.8. The third-order valence-corrected chi connectivity index (χ3v) is 9.11. The zero-order valence-corrected chi connectivity index (χ0v) is 32.1. The lowest BCUT2D eigenvalue weighted by Gasteiger charge is -2.35. The smallest absolute Gasteiger partial charge is 0.444 e. The molecule has 0 atom stereocenters. The Bertz CT molecular complexity index is 1710. The molecule has 1 aliphatic heterocycles. The van der Waals surface area contributed by atoms with Gasteiger partial charge in [-0.15, -0.1) is 13.2 Å². The van der Waals surface area contributed by atoms with E-state index in [9.17, 15) is 18.0 Å². The molecule has 52 heavy (non-hydrogen) atoms. The molecule has 0 unspecified atom stereocenters. The number of aromatic nitrogens is 1. The molecule has 5 rings (SSSR count). The maximum Gasteiger partial charge on any atom is 0.573 e. The normalized spacial score (nSPS) is 14.2. The van der Waals surface area contributed by atoms with Gasteiger partial charge in [-0.2, -0.15) is 0 Å². The maximum atomic E-state index is 12.8. The van der Waals surface area contributed by atoms with Crippen LogP contribution in [0, 0.1) is 0 Å². The molecule has 1 aromatic heterocycles. The first-order valence-electron chi connectivity index (χ1n) is 17.7. The number of benzene rings is 3. The molecule has 0 spiro atoms. The predicted octanol–water partition coefficient (Wildman–Crippen LogP) is 9.36. The van der Waals surface area contributed by atoms with Gasteiger partial charge in [0.05, 0.1) is 0 Å². The van der Waals surface area contributed by atoms with Gasteiger partial charge in [0.15, 0.2) is 0 Å². The van der Waals surface area contributed by atoms with Crippen molar-refractivity contribution in [1.82, 2.24) is 25.0 Å². The first-order valence-corrected chi connectivity index (χ1v) is 18.4. The van der Waals surface area contributed by atoms with Crippen molar-refractivity contribution in [2.24, 2.45) is 0 Å². The number of rotatable bonds is 12. The van der Waals surface area contributed by atoms with Crippen LogP contribution in [0.1, 0.15) is 52.2 Å². The summed E-state index contributed by atoms with van der Waals surface area (Å²) in [4.78, 5) is 16.8. The van der Waals surface area contributed by atoms with Gasteiger partial charge in [-0.1, -0.05) is 61.3 Å². The van der Waals surface area contributed by atoms with Crippen LogP contribution in [0.25, 0.3) is 22.0 Å². The highest BCUT2D eigenvalue weighted by atomic mass is 35.5. The molecule has 8 nitrogen and oxygen atoms in total. The monoisotopic (exact) mass is 763 g/mol. The zero-order chi connectivity index (χ0) is 37.9. The van der Waals surface area contributed by atoms with E-state index in [1.165, 1.54) is 12.1 Å². The summed E-state index contributed by atoms with van der Waals surface area (Å²) in [6.45, 7) is 17.9.